The summed E-state index contributed by atoms with van der Waals surface area (Å²) in [7, 11) is 0. The molecule has 1 aromatic carbocycles. The summed E-state index contributed by atoms with van der Waals surface area (Å²) in [5.74, 6) is 0.573. The number of thiocarbonyl (C=S) groups is 1. The number of amides is 1. The van der Waals surface area contributed by atoms with E-state index in [1.807, 2.05) is 30.3 Å². The van der Waals surface area contributed by atoms with Crippen LogP contribution in [0, 0.1) is 5.92 Å². The standard InChI is InChI=1S/C14H18N2OS/c1-10(2)8-12-13(17)16(14(18)15-12)9-11-6-4-3-5-7-11/h3-7,10,12H,8-9H2,1-2H3,(H,15,18)/t12-/m0/s1. The molecule has 1 atom stereocenters. The number of carbonyl (C=O) groups is 1. The molecule has 1 saturated heterocycles. The predicted molar refractivity (Wildman–Crippen MR) is 76.0 cm³/mol. The summed E-state index contributed by atoms with van der Waals surface area (Å²) in [5.41, 5.74) is 1.10. The van der Waals surface area contributed by atoms with E-state index in [-0.39, 0.29) is 11.9 Å². The average molecular weight is 262 g/mol. The van der Waals surface area contributed by atoms with E-state index >= 15 is 0 Å². The molecule has 0 unspecified atom stereocenters. The maximum Gasteiger partial charge on any atom is 0.251 e. The fourth-order valence-corrected chi connectivity index (χ4v) is 2.42. The van der Waals surface area contributed by atoms with Gasteiger partial charge in [-0.25, -0.2) is 0 Å². The van der Waals surface area contributed by atoms with Crippen LogP contribution >= 0.6 is 12.2 Å². The number of benzene rings is 1. The van der Waals surface area contributed by atoms with Crippen molar-refractivity contribution in [3.8, 4) is 0 Å². The zero-order valence-corrected chi connectivity index (χ0v) is 11.5. The summed E-state index contributed by atoms with van der Waals surface area (Å²) in [6.45, 7) is 4.77. The van der Waals surface area contributed by atoms with E-state index in [0.29, 0.717) is 17.6 Å². The highest BCUT2D eigenvalue weighted by atomic mass is 32.1. The molecule has 1 amide bonds. The molecule has 18 heavy (non-hydrogen) atoms. The lowest BCUT2D eigenvalue weighted by molar-refractivity contribution is -0.127. The van der Waals surface area contributed by atoms with Gasteiger partial charge in [-0.2, -0.15) is 0 Å². The summed E-state index contributed by atoms with van der Waals surface area (Å²) in [5, 5.41) is 3.66. The molecule has 1 fully saturated rings. The second kappa shape index (κ2) is 5.48. The summed E-state index contributed by atoms with van der Waals surface area (Å²) in [6, 6.07) is 9.77. The minimum Gasteiger partial charge on any atom is -0.350 e. The lowest BCUT2D eigenvalue weighted by atomic mass is 10.0. The smallest absolute Gasteiger partial charge is 0.251 e. The van der Waals surface area contributed by atoms with Gasteiger partial charge in [0.2, 0.25) is 0 Å². The largest absolute Gasteiger partial charge is 0.350 e. The topological polar surface area (TPSA) is 32.3 Å². The molecule has 0 spiro atoms. The van der Waals surface area contributed by atoms with E-state index in [1.54, 1.807) is 4.90 Å². The van der Waals surface area contributed by atoms with Crippen LogP contribution in [0.4, 0.5) is 0 Å². The Morgan fingerprint density at radius 3 is 2.61 bits per heavy atom. The predicted octanol–water partition coefficient (Wildman–Crippen LogP) is 2.32. The fourth-order valence-electron chi connectivity index (χ4n) is 2.12. The van der Waals surface area contributed by atoms with Gasteiger partial charge in [0.25, 0.3) is 5.91 Å². The zero-order chi connectivity index (χ0) is 13.1. The van der Waals surface area contributed by atoms with Crippen LogP contribution in [0.25, 0.3) is 0 Å². The van der Waals surface area contributed by atoms with Crippen LogP contribution in [0.5, 0.6) is 0 Å². The molecular formula is C14H18N2OS. The minimum absolute atomic E-state index is 0.0950. The highest BCUT2D eigenvalue weighted by Crippen LogP contribution is 2.16. The Bertz CT molecular complexity index is 444. The maximum atomic E-state index is 12.2. The van der Waals surface area contributed by atoms with Gasteiger partial charge in [-0.1, -0.05) is 44.2 Å². The van der Waals surface area contributed by atoms with Gasteiger partial charge in [0.1, 0.15) is 6.04 Å². The average Bonchev–Trinajstić information content (AvgIpc) is 2.58. The molecule has 1 aliphatic rings. The quantitative estimate of drug-likeness (QED) is 0.845. The molecule has 0 bridgehead atoms. The maximum absolute atomic E-state index is 12.2. The van der Waals surface area contributed by atoms with Gasteiger partial charge in [0, 0.05) is 0 Å². The molecule has 1 N–H and O–H groups in total. The Hall–Kier alpha value is -1.42. The van der Waals surface area contributed by atoms with Crippen molar-refractivity contribution in [2.24, 2.45) is 5.92 Å². The van der Waals surface area contributed by atoms with E-state index in [2.05, 4.69) is 19.2 Å². The van der Waals surface area contributed by atoms with Crippen LogP contribution in [0.2, 0.25) is 0 Å². The van der Waals surface area contributed by atoms with Gasteiger partial charge in [0.15, 0.2) is 5.11 Å². The molecule has 0 aliphatic carbocycles. The Labute approximate surface area is 113 Å². The van der Waals surface area contributed by atoms with Gasteiger partial charge in [-0.05, 0) is 30.1 Å². The third kappa shape index (κ3) is 2.88. The Balaban J connectivity index is 2.06. The molecule has 0 aromatic heterocycles. The van der Waals surface area contributed by atoms with Gasteiger partial charge < -0.3 is 5.32 Å². The summed E-state index contributed by atoms with van der Waals surface area (Å²) in [6.07, 6.45) is 0.824. The lowest BCUT2D eigenvalue weighted by Gasteiger charge is -2.15. The first-order valence-electron chi connectivity index (χ1n) is 6.23. The van der Waals surface area contributed by atoms with Crippen LogP contribution in [0.15, 0.2) is 30.3 Å². The second-order valence-electron chi connectivity index (χ2n) is 5.04. The monoisotopic (exact) mass is 262 g/mol. The third-order valence-corrected chi connectivity index (χ3v) is 3.34. The molecule has 1 aliphatic heterocycles. The van der Waals surface area contributed by atoms with Gasteiger partial charge in [-0.15, -0.1) is 0 Å². The molecule has 1 aromatic rings. The SMILES string of the molecule is CC(C)C[C@@H]1NC(=S)N(Cc2ccccc2)C1=O. The molecule has 0 saturated carbocycles. The number of nitrogens with one attached hydrogen (secondary N) is 1. The fraction of sp³-hybridized carbons (Fsp3) is 0.429. The van der Waals surface area contributed by atoms with Crippen molar-refractivity contribution in [3.05, 3.63) is 35.9 Å². The van der Waals surface area contributed by atoms with E-state index < -0.39 is 0 Å². The third-order valence-electron chi connectivity index (χ3n) is 3.00. The van der Waals surface area contributed by atoms with Crippen molar-refractivity contribution >= 4 is 23.2 Å². The van der Waals surface area contributed by atoms with Crippen molar-refractivity contribution in [1.29, 1.82) is 0 Å². The zero-order valence-electron chi connectivity index (χ0n) is 10.7. The number of rotatable bonds is 4. The number of hydrogen-bond donors (Lipinski definition) is 1. The van der Waals surface area contributed by atoms with Crippen LogP contribution in [0.3, 0.4) is 0 Å². The molecule has 0 radical (unpaired) electrons. The van der Waals surface area contributed by atoms with Crippen molar-refractivity contribution in [2.75, 3.05) is 0 Å². The summed E-state index contributed by atoms with van der Waals surface area (Å²) < 4.78 is 0. The van der Waals surface area contributed by atoms with Crippen molar-refractivity contribution in [2.45, 2.75) is 32.9 Å². The van der Waals surface area contributed by atoms with E-state index in [9.17, 15) is 4.79 Å². The van der Waals surface area contributed by atoms with Crippen molar-refractivity contribution in [3.63, 3.8) is 0 Å². The molecule has 96 valence electrons. The van der Waals surface area contributed by atoms with Crippen LogP contribution in [0.1, 0.15) is 25.8 Å². The molecular weight excluding hydrogens is 244 g/mol. The van der Waals surface area contributed by atoms with Gasteiger partial charge in [-0.3, -0.25) is 9.69 Å². The normalized spacial score (nSPS) is 19.5. The van der Waals surface area contributed by atoms with Crippen LogP contribution < -0.4 is 5.32 Å². The minimum atomic E-state index is -0.152. The molecule has 3 nitrogen and oxygen atoms in total. The first-order chi connectivity index (χ1) is 8.58. The van der Waals surface area contributed by atoms with Crippen molar-refractivity contribution in [1.82, 2.24) is 10.2 Å². The summed E-state index contributed by atoms with van der Waals surface area (Å²) >= 11 is 5.24. The van der Waals surface area contributed by atoms with E-state index in [0.717, 1.165) is 12.0 Å². The molecule has 1 heterocycles. The molecule has 4 heteroatoms. The van der Waals surface area contributed by atoms with Crippen LogP contribution in [-0.2, 0) is 11.3 Å². The highest BCUT2D eigenvalue weighted by Gasteiger charge is 2.35. The number of nitrogens with zero attached hydrogens (tertiary/aromatic N) is 1. The van der Waals surface area contributed by atoms with Gasteiger partial charge >= 0.3 is 0 Å². The Kier molecular flexibility index (Phi) is 3.97. The second-order valence-corrected chi connectivity index (χ2v) is 5.43. The molecule has 2 rings (SSSR count). The van der Waals surface area contributed by atoms with E-state index in [4.69, 9.17) is 12.2 Å². The van der Waals surface area contributed by atoms with Crippen molar-refractivity contribution < 1.29 is 4.79 Å². The van der Waals surface area contributed by atoms with Crippen LogP contribution in [-0.4, -0.2) is 22.0 Å². The first-order valence-corrected chi connectivity index (χ1v) is 6.64. The lowest BCUT2D eigenvalue weighted by Crippen LogP contribution is -2.31. The Morgan fingerprint density at radius 2 is 2.00 bits per heavy atom. The van der Waals surface area contributed by atoms with Gasteiger partial charge in [0.05, 0.1) is 6.54 Å². The number of hydrogen-bond acceptors (Lipinski definition) is 2. The van der Waals surface area contributed by atoms with E-state index in [1.165, 1.54) is 0 Å². The first kappa shape index (κ1) is 13.0. The Morgan fingerprint density at radius 1 is 1.33 bits per heavy atom. The number of carbonyl (C=O) groups excluding carboxylic acids is 1. The summed E-state index contributed by atoms with van der Waals surface area (Å²) in [4.78, 5) is 13.9. The highest BCUT2D eigenvalue weighted by molar-refractivity contribution is 7.80.